The summed E-state index contributed by atoms with van der Waals surface area (Å²) in [5.41, 5.74) is 6.12. The fourth-order valence-electron chi connectivity index (χ4n) is 3.37. The Morgan fingerprint density at radius 3 is 2.76 bits per heavy atom. The number of hydrogen-bond acceptors (Lipinski definition) is 6. The standard InChI is InChI=1S/C21H20ClN5O2/c1-11-5-6-15-7-16(20(22)26-19(15)12(11)2)9-29-18(28)8-17-13(3)25-21-23-10-24-27(21)14(17)4/h5-7,10H,8-9H2,1-4H3. The lowest BCUT2D eigenvalue weighted by molar-refractivity contribution is -0.144. The highest BCUT2D eigenvalue weighted by Gasteiger charge is 2.16. The summed E-state index contributed by atoms with van der Waals surface area (Å²) in [7, 11) is 0. The number of nitrogens with zero attached hydrogens (tertiary/aromatic N) is 5. The van der Waals surface area contributed by atoms with Crippen LogP contribution < -0.4 is 0 Å². The van der Waals surface area contributed by atoms with E-state index in [4.69, 9.17) is 16.3 Å². The summed E-state index contributed by atoms with van der Waals surface area (Å²) in [5.74, 6) is 0.144. The molecule has 0 aliphatic heterocycles. The van der Waals surface area contributed by atoms with E-state index in [2.05, 4.69) is 20.1 Å². The molecule has 148 valence electrons. The van der Waals surface area contributed by atoms with Crippen LogP contribution in [0.2, 0.25) is 5.15 Å². The number of esters is 1. The predicted octanol–water partition coefficient (Wildman–Crippen LogP) is 3.85. The minimum absolute atomic E-state index is 0.0601. The number of carbonyl (C=O) groups excluding carboxylic acids is 1. The van der Waals surface area contributed by atoms with E-state index in [1.54, 1.807) is 4.52 Å². The van der Waals surface area contributed by atoms with E-state index in [-0.39, 0.29) is 19.0 Å². The number of pyridine rings is 1. The van der Waals surface area contributed by atoms with Crippen LogP contribution in [-0.2, 0) is 22.6 Å². The molecule has 3 aromatic heterocycles. The molecule has 0 N–H and O–H groups in total. The third-order valence-electron chi connectivity index (χ3n) is 5.24. The monoisotopic (exact) mass is 409 g/mol. The third-order valence-corrected chi connectivity index (χ3v) is 5.56. The lowest BCUT2D eigenvalue weighted by Gasteiger charge is -2.12. The lowest BCUT2D eigenvalue weighted by atomic mass is 10.0. The second kappa shape index (κ2) is 7.40. The Kier molecular flexibility index (Phi) is 4.92. The summed E-state index contributed by atoms with van der Waals surface area (Å²) < 4.78 is 7.10. The number of fused-ring (bicyclic) bond motifs is 2. The smallest absolute Gasteiger partial charge is 0.310 e. The summed E-state index contributed by atoms with van der Waals surface area (Å²) in [5, 5.41) is 5.45. The van der Waals surface area contributed by atoms with Crippen molar-refractivity contribution in [3.8, 4) is 0 Å². The first-order valence-corrected chi connectivity index (χ1v) is 9.59. The Morgan fingerprint density at radius 1 is 1.17 bits per heavy atom. The number of hydrogen-bond donors (Lipinski definition) is 0. The average Bonchev–Trinajstić information content (AvgIpc) is 3.15. The second-order valence-corrected chi connectivity index (χ2v) is 7.45. The zero-order valence-electron chi connectivity index (χ0n) is 16.7. The molecule has 0 atom stereocenters. The van der Waals surface area contributed by atoms with E-state index in [1.165, 1.54) is 6.33 Å². The maximum Gasteiger partial charge on any atom is 0.310 e. The fourth-order valence-corrected chi connectivity index (χ4v) is 3.56. The van der Waals surface area contributed by atoms with Gasteiger partial charge in [-0.25, -0.2) is 14.5 Å². The highest BCUT2D eigenvalue weighted by atomic mass is 35.5. The van der Waals surface area contributed by atoms with Gasteiger partial charge in [-0.05, 0) is 44.9 Å². The zero-order valence-corrected chi connectivity index (χ0v) is 17.4. The summed E-state index contributed by atoms with van der Waals surface area (Å²) in [4.78, 5) is 25.4. The molecule has 29 heavy (non-hydrogen) atoms. The van der Waals surface area contributed by atoms with Gasteiger partial charge in [0.2, 0.25) is 0 Å². The third kappa shape index (κ3) is 3.53. The molecule has 0 unspecified atom stereocenters. The number of aromatic nitrogens is 5. The van der Waals surface area contributed by atoms with Crippen LogP contribution in [0, 0.1) is 27.7 Å². The lowest BCUT2D eigenvalue weighted by Crippen LogP contribution is -2.13. The van der Waals surface area contributed by atoms with Crippen LogP contribution in [-0.4, -0.2) is 30.5 Å². The van der Waals surface area contributed by atoms with Crippen molar-refractivity contribution in [2.75, 3.05) is 0 Å². The Labute approximate surface area is 172 Å². The average molecular weight is 410 g/mol. The van der Waals surface area contributed by atoms with Gasteiger partial charge in [-0.1, -0.05) is 23.7 Å². The first-order valence-electron chi connectivity index (χ1n) is 9.22. The zero-order chi connectivity index (χ0) is 20.7. The van der Waals surface area contributed by atoms with Gasteiger partial charge in [0.15, 0.2) is 0 Å². The summed E-state index contributed by atoms with van der Waals surface area (Å²) >= 11 is 6.34. The van der Waals surface area contributed by atoms with Crippen molar-refractivity contribution < 1.29 is 9.53 Å². The van der Waals surface area contributed by atoms with E-state index in [9.17, 15) is 4.79 Å². The number of aryl methyl sites for hydroxylation is 4. The van der Waals surface area contributed by atoms with Crippen molar-refractivity contribution in [2.45, 2.75) is 40.7 Å². The molecule has 3 heterocycles. The van der Waals surface area contributed by atoms with Crippen molar-refractivity contribution in [3.05, 3.63) is 63.3 Å². The van der Waals surface area contributed by atoms with Gasteiger partial charge < -0.3 is 4.74 Å². The second-order valence-electron chi connectivity index (χ2n) is 7.09. The Hall–Kier alpha value is -3.06. The van der Waals surface area contributed by atoms with Crippen LogP contribution in [0.4, 0.5) is 0 Å². The van der Waals surface area contributed by atoms with Gasteiger partial charge in [0.05, 0.1) is 11.9 Å². The summed E-state index contributed by atoms with van der Waals surface area (Å²) in [6, 6.07) is 5.96. The molecule has 0 spiro atoms. The number of rotatable bonds is 4. The highest BCUT2D eigenvalue weighted by Crippen LogP contribution is 2.25. The van der Waals surface area contributed by atoms with Gasteiger partial charge in [-0.3, -0.25) is 4.79 Å². The Morgan fingerprint density at radius 2 is 1.97 bits per heavy atom. The Bertz CT molecular complexity index is 1270. The van der Waals surface area contributed by atoms with Gasteiger partial charge in [0.1, 0.15) is 18.1 Å². The van der Waals surface area contributed by atoms with Gasteiger partial charge in [-0.2, -0.15) is 10.1 Å². The highest BCUT2D eigenvalue weighted by molar-refractivity contribution is 6.30. The van der Waals surface area contributed by atoms with E-state index < -0.39 is 0 Å². The first kappa shape index (κ1) is 19.3. The normalized spacial score (nSPS) is 11.3. The topological polar surface area (TPSA) is 82.3 Å². The molecule has 0 aliphatic carbocycles. The van der Waals surface area contributed by atoms with Crippen LogP contribution in [0.15, 0.2) is 24.5 Å². The van der Waals surface area contributed by atoms with Gasteiger partial charge >= 0.3 is 5.97 Å². The van der Waals surface area contributed by atoms with Crippen molar-refractivity contribution in [1.29, 1.82) is 0 Å². The van der Waals surface area contributed by atoms with E-state index in [1.807, 2.05) is 45.9 Å². The number of ether oxygens (including phenoxy) is 1. The SMILES string of the molecule is Cc1ccc2cc(COC(=O)Cc3c(C)nc4ncnn4c3C)c(Cl)nc2c1C. The van der Waals surface area contributed by atoms with Gasteiger partial charge in [0, 0.05) is 27.9 Å². The van der Waals surface area contributed by atoms with E-state index in [0.717, 1.165) is 39.0 Å². The molecule has 0 amide bonds. The number of halogens is 1. The number of benzene rings is 1. The van der Waals surface area contributed by atoms with E-state index in [0.29, 0.717) is 16.5 Å². The molecule has 0 fully saturated rings. The molecular formula is C21H20ClN5O2. The molecule has 1 aromatic carbocycles. The fraction of sp³-hybridized carbons (Fsp3) is 0.286. The Balaban J connectivity index is 1.53. The molecule has 0 radical (unpaired) electrons. The van der Waals surface area contributed by atoms with E-state index >= 15 is 0 Å². The van der Waals surface area contributed by atoms with Crippen molar-refractivity contribution in [3.63, 3.8) is 0 Å². The van der Waals surface area contributed by atoms with Gasteiger partial charge in [0.25, 0.3) is 5.78 Å². The maximum absolute atomic E-state index is 12.5. The quantitative estimate of drug-likeness (QED) is 0.376. The molecule has 7 nitrogen and oxygen atoms in total. The number of carbonyl (C=O) groups is 1. The molecule has 4 rings (SSSR count). The molecule has 0 bridgehead atoms. The maximum atomic E-state index is 12.5. The largest absolute Gasteiger partial charge is 0.460 e. The minimum Gasteiger partial charge on any atom is -0.460 e. The summed E-state index contributed by atoms with van der Waals surface area (Å²) in [6.45, 7) is 7.84. The van der Waals surface area contributed by atoms with Crippen LogP contribution in [0.3, 0.4) is 0 Å². The van der Waals surface area contributed by atoms with Gasteiger partial charge in [-0.15, -0.1) is 0 Å². The van der Waals surface area contributed by atoms with Crippen LogP contribution >= 0.6 is 11.6 Å². The molecular weight excluding hydrogens is 390 g/mol. The van der Waals surface area contributed by atoms with Crippen molar-refractivity contribution >= 4 is 34.3 Å². The van der Waals surface area contributed by atoms with Crippen molar-refractivity contribution in [1.82, 2.24) is 24.6 Å². The van der Waals surface area contributed by atoms with Crippen molar-refractivity contribution in [2.24, 2.45) is 0 Å². The first-order chi connectivity index (χ1) is 13.8. The van der Waals surface area contributed by atoms with Crippen LogP contribution in [0.1, 0.15) is 33.6 Å². The minimum atomic E-state index is -0.367. The van der Waals surface area contributed by atoms with Crippen LogP contribution in [0.25, 0.3) is 16.7 Å². The molecule has 0 saturated heterocycles. The summed E-state index contributed by atoms with van der Waals surface area (Å²) in [6.07, 6.45) is 1.53. The molecule has 4 aromatic rings. The molecule has 0 saturated carbocycles. The molecule has 8 heteroatoms. The van der Waals surface area contributed by atoms with Crippen LogP contribution in [0.5, 0.6) is 0 Å². The molecule has 0 aliphatic rings. The predicted molar refractivity (Wildman–Crippen MR) is 110 cm³/mol.